The summed E-state index contributed by atoms with van der Waals surface area (Å²) in [6.45, 7) is 3.21. The van der Waals surface area contributed by atoms with Crippen LogP contribution < -0.4 is 15.8 Å². The lowest BCUT2D eigenvalue weighted by Gasteiger charge is -2.28. The van der Waals surface area contributed by atoms with E-state index in [1.165, 1.54) is 6.07 Å². The van der Waals surface area contributed by atoms with Gasteiger partial charge in [-0.3, -0.25) is 25.6 Å². The number of amides is 2. The number of hydrazine groups is 1. The Balaban J connectivity index is 2.13. The van der Waals surface area contributed by atoms with Gasteiger partial charge in [0.2, 0.25) is 18.1 Å². The van der Waals surface area contributed by atoms with Gasteiger partial charge in [-0.05, 0) is 6.42 Å². The van der Waals surface area contributed by atoms with E-state index >= 15 is 0 Å². The number of hydrogen-bond acceptors (Lipinski definition) is 8. The van der Waals surface area contributed by atoms with Crippen LogP contribution >= 0.6 is 0 Å². The van der Waals surface area contributed by atoms with Crippen LogP contribution in [0.3, 0.4) is 0 Å². The Kier molecular flexibility index (Phi) is 9.24. The predicted octanol–water partition coefficient (Wildman–Crippen LogP) is 1.82. The summed E-state index contributed by atoms with van der Waals surface area (Å²) in [7, 11) is 0. The summed E-state index contributed by atoms with van der Waals surface area (Å²) in [6, 6.07) is 1.30. The first-order chi connectivity index (χ1) is 14.7. The average Bonchev–Trinajstić information content (AvgIpc) is 2.76. The van der Waals surface area contributed by atoms with Crippen molar-refractivity contribution in [3.63, 3.8) is 0 Å². The molecule has 0 spiro atoms. The first kappa shape index (κ1) is 24.6. The van der Waals surface area contributed by atoms with E-state index in [-0.39, 0.29) is 24.6 Å². The largest absolute Gasteiger partial charge is 0.451 e. The maximum Gasteiger partial charge on any atom is 0.451 e. The number of nitrogens with one attached hydrogen (secondary N) is 2. The Labute approximate surface area is 177 Å². The lowest BCUT2D eigenvalue weighted by Crippen LogP contribution is -2.40. The zero-order valence-corrected chi connectivity index (χ0v) is 17.2. The standard InChI is InChI=1S/C18H27F3N6O4/c1-2-3-4-5-13(11-27(30)12-28)16(29)25-24-14-10-15(26-6-8-31-9-7-26)23-17(22-14)18(19,20)21/h10,12-13,30H,2-9,11H2,1H3,(H,25,29)(H,22,23,24)/t13-/m0/s1. The van der Waals surface area contributed by atoms with Gasteiger partial charge in [0.1, 0.15) is 5.82 Å². The van der Waals surface area contributed by atoms with Gasteiger partial charge in [0, 0.05) is 19.2 Å². The number of carbonyl (C=O) groups excluding carboxylic acids is 2. The molecular weight excluding hydrogens is 421 g/mol. The zero-order chi connectivity index (χ0) is 22.9. The van der Waals surface area contributed by atoms with Crippen molar-refractivity contribution in [2.75, 3.05) is 43.2 Å². The smallest absolute Gasteiger partial charge is 0.378 e. The van der Waals surface area contributed by atoms with E-state index in [1.807, 2.05) is 6.92 Å². The fourth-order valence-electron chi connectivity index (χ4n) is 3.02. The molecule has 0 bridgehead atoms. The van der Waals surface area contributed by atoms with E-state index in [0.717, 1.165) is 12.8 Å². The highest BCUT2D eigenvalue weighted by atomic mass is 19.4. The van der Waals surface area contributed by atoms with Crippen LogP contribution in [0, 0.1) is 5.92 Å². The van der Waals surface area contributed by atoms with Gasteiger partial charge in [0.25, 0.3) is 0 Å². The Bertz CT molecular complexity index is 731. The predicted molar refractivity (Wildman–Crippen MR) is 104 cm³/mol. The number of nitrogens with zero attached hydrogens (tertiary/aromatic N) is 4. The van der Waals surface area contributed by atoms with Gasteiger partial charge in [-0.1, -0.05) is 26.2 Å². The summed E-state index contributed by atoms with van der Waals surface area (Å²) < 4.78 is 44.9. The van der Waals surface area contributed by atoms with Crippen LogP contribution in [0.2, 0.25) is 0 Å². The van der Waals surface area contributed by atoms with Crippen molar-refractivity contribution in [3.8, 4) is 0 Å². The van der Waals surface area contributed by atoms with Gasteiger partial charge in [-0.2, -0.15) is 13.2 Å². The van der Waals surface area contributed by atoms with Crippen molar-refractivity contribution < 1.29 is 32.7 Å². The number of hydrogen-bond donors (Lipinski definition) is 3. The summed E-state index contributed by atoms with van der Waals surface area (Å²) in [6.07, 6.45) is -1.74. The molecule has 1 fully saturated rings. The molecule has 31 heavy (non-hydrogen) atoms. The van der Waals surface area contributed by atoms with Crippen LogP contribution in [0.15, 0.2) is 6.07 Å². The van der Waals surface area contributed by atoms with Crippen LogP contribution in [-0.4, -0.2) is 65.4 Å². The number of hydroxylamine groups is 2. The van der Waals surface area contributed by atoms with E-state index < -0.39 is 23.8 Å². The number of ether oxygens (including phenoxy) is 1. The molecule has 0 aromatic carbocycles. The van der Waals surface area contributed by atoms with Crippen LogP contribution in [0.25, 0.3) is 0 Å². The molecule has 174 valence electrons. The molecule has 2 amide bonds. The highest BCUT2D eigenvalue weighted by Gasteiger charge is 2.36. The van der Waals surface area contributed by atoms with E-state index in [1.54, 1.807) is 4.90 Å². The first-order valence-corrected chi connectivity index (χ1v) is 10.00. The molecule has 0 saturated carbocycles. The van der Waals surface area contributed by atoms with Crippen LogP contribution in [0.1, 0.15) is 38.4 Å². The van der Waals surface area contributed by atoms with Gasteiger partial charge in [-0.15, -0.1) is 0 Å². The zero-order valence-electron chi connectivity index (χ0n) is 17.2. The first-order valence-electron chi connectivity index (χ1n) is 10.00. The minimum atomic E-state index is -4.77. The second-order valence-electron chi connectivity index (χ2n) is 7.07. The van der Waals surface area contributed by atoms with Gasteiger partial charge < -0.3 is 9.64 Å². The van der Waals surface area contributed by atoms with Crippen molar-refractivity contribution in [2.45, 2.75) is 38.8 Å². The minimum Gasteiger partial charge on any atom is -0.378 e. The molecule has 0 unspecified atom stereocenters. The average molecular weight is 448 g/mol. The minimum absolute atomic E-state index is 0.0596. The molecule has 0 radical (unpaired) electrons. The number of morpholine rings is 1. The lowest BCUT2D eigenvalue weighted by molar-refractivity contribution is -0.154. The molecule has 1 aliphatic rings. The van der Waals surface area contributed by atoms with Crippen molar-refractivity contribution in [3.05, 3.63) is 11.9 Å². The van der Waals surface area contributed by atoms with Gasteiger partial charge in [0.15, 0.2) is 5.82 Å². The van der Waals surface area contributed by atoms with Gasteiger partial charge in [0.05, 0.1) is 25.7 Å². The van der Waals surface area contributed by atoms with E-state index in [9.17, 15) is 28.0 Å². The van der Waals surface area contributed by atoms with Gasteiger partial charge in [-0.25, -0.2) is 15.0 Å². The Morgan fingerprint density at radius 3 is 2.68 bits per heavy atom. The number of halogens is 3. The highest BCUT2D eigenvalue weighted by Crippen LogP contribution is 2.29. The summed E-state index contributed by atoms with van der Waals surface area (Å²) in [5, 5.41) is 9.79. The third-order valence-electron chi connectivity index (χ3n) is 4.67. The molecule has 1 aliphatic heterocycles. The van der Waals surface area contributed by atoms with Crippen LogP contribution in [0.4, 0.5) is 24.8 Å². The highest BCUT2D eigenvalue weighted by molar-refractivity contribution is 5.80. The van der Waals surface area contributed by atoms with Crippen molar-refractivity contribution in [1.82, 2.24) is 20.5 Å². The number of aromatic nitrogens is 2. The monoisotopic (exact) mass is 448 g/mol. The molecule has 1 aromatic rings. The van der Waals surface area contributed by atoms with Crippen molar-refractivity contribution >= 4 is 24.0 Å². The summed E-state index contributed by atoms with van der Waals surface area (Å²) in [5.74, 6) is -2.85. The summed E-state index contributed by atoms with van der Waals surface area (Å²) >= 11 is 0. The SMILES string of the molecule is CCCCC[C@@H](CN(O)C=O)C(=O)NNc1cc(N2CCOCC2)nc(C(F)(F)F)n1. The topological polar surface area (TPSA) is 120 Å². The number of unbranched alkanes of at least 4 members (excludes halogenated alkanes) is 2. The number of alkyl halides is 3. The molecule has 2 heterocycles. The molecule has 1 saturated heterocycles. The second-order valence-corrected chi connectivity index (χ2v) is 7.07. The van der Waals surface area contributed by atoms with E-state index in [0.29, 0.717) is 44.2 Å². The maximum absolute atomic E-state index is 13.2. The Morgan fingerprint density at radius 2 is 2.06 bits per heavy atom. The van der Waals surface area contributed by atoms with Crippen molar-refractivity contribution in [1.29, 1.82) is 0 Å². The number of anilines is 2. The Morgan fingerprint density at radius 1 is 1.35 bits per heavy atom. The van der Waals surface area contributed by atoms with Crippen LogP contribution in [0.5, 0.6) is 0 Å². The van der Waals surface area contributed by atoms with E-state index in [4.69, 9.17) is 4.74 Å². The van der Waals surface area contributed by atoms with E-state index in [2.05, 4.69) is 20.8 Å². The molecule has 2 rings (SSSR count). The molecule has 3 N–H and O–H groups in total. The molecule has 13 heteroatoms. The summed E-state index contributed by atoms with van der Waals surface area (Å²) in [4.78, 5) is 31.9. The molecular formula is C18H27F3N6O4. The maximum atomic E-state index is 13.2. The third kappa shape index (κ3) is 7.83. The second kappa shape index (κ2) is 11.6. The molecule has 10 nitrogen and oxygen atoms in total. The molecule has 1 aromatic heterocycles. The van der Waals surface area contributed by atoms with Crippen LogP contribution in [-0.2, 0) is 20.5 Å². The molecule has 1 atom stereocenters. The fourth-order valence-corrected chi connectivity index (χ4v) is 3.02. The summed E-state index contributed by atoms with van der Waals surface area (Å²) in [5.41, 5.74) is 4.72. The fraction of sp³-hybridized carbons (Fsp3) is 0.667. The Hall–Kier alpha value is -2.67. The lowest BCUT2D eigenvalue weighted by atomic mass is 10.0. The quantitative estimate of drug-likeness (QED) is 0.203. The number of carbonyl (C=O) groups is 2. The third-order valence-corrected chi connectivity index (χ3v) is 4.67. The van der Waals surface area contributed by atoms with Gasteiger partial charge >= 0.3 is 6.18 Å². The molecule has 0 aliphatic carbocycles. The number of rotatable bonds is 11. The normalized spacial score (nSPS) is 15.3. The van der Waals surface area contributed by atoms with Crippen molar-refractivity contribution in [2.24, 2.45) is 5.92 Å².